The fraction of sp³-hybridized carbons (Fsp3) is 0.375. The lowest BCUT2D eigenvalue weighted by Gasteiger charge is -2.34. The topological polar surface area (TPSA) is 36.4 Å². The Hall–Kier alpha value is -1.72. The highest BCUT2D eigenvalue weighted by atomic mass is 32.1. The van der Waals surface area contributed by atoms with Crippen LogP contribution in [-0.2, 0) is 6.54 Å². The van der Waals surface area contributed by atoms with E-state index in [-0.39, 0.29) is 5.91 Å². The summed E-state index contributed by atoms with van der Waals surface area (Å²) in [6.45, 7) is 6.34. The summed E-state index contributed by atoms with van der Waals surface area (Å²) in [5.74, 6) is 0.0683. The Kier molecular flexibility index (Phi) is 4.31. The first-order valence-electron chi connectivity index (χ1n) is 7.21. The van der Waals surface area contributed by atoms with Gasteiger partial charge in [0.25, 0.3) is 5.91 Å². The van der Waals surface area contributed by atoms with Gasteiger partial charge in [0.15, 0.2) is 0 Å². The van der Waals surface area contributed by atoms with Gasteiger partial charge in [-0.2, -0.15) is 4.37 Å². The average molecular weight is 301 g/mol. The van der Waals surface area contributed by atoms with Gasteiger partial charge in [0.1, 0.15) is 5.69 Å². The van der Waals surface area contributed by atoms with E-state index in [0.29, 0.717) is 5.69 Å². The summed E-state index contributed by atoms with van der Waals surface area (Å²) in [6, 6.07) is 12.4. The number of hydrogen-bond donors (Lipinski definition) is 0. The molecule has 3 rings (SSSR count). The summed E-state index contributed by atoms with van der Waals surface area (Å²) in [5, 5.41) is 0. The Bertz CT molecular complexity index is 603. The molecule has 21 heavy (non-hydrogen) atoms. The van der Waals surface area contributed by atoms with Crippen molar-refractivity contribution < 1.29 is 4.79 Å². The summed E-state index contributed by atoms with van der Waals surface area (Å²) in [5.41, 5.74) is 1.92. The number of piperazine rings is 1. The van der Waals surface area contributed by atoms with Crippen LogP contribution in [0.3, 0.4) is 0 Å². The highest BCUT2D eigenvalue weighted by molar-refractivity contribution is 7.05. The number of carbonyl (C=O) groups excluding carboxylic acids is 1. The largest absolute Gasteiger partial charge is 0.335 e. The molecular weight excluding hydrogens is 282 g/mol. The summed E-state index contributed by atoms with van der Waals surface area (Å²) in [4.78, 5) is 17.7. The van der Waals surface area contributed by atoms with Gasteiger partial charge in [0, 0.05) is 37.6 Å². The Morgan fingerprint density at radius 1 is 1.19 bits per heavy atom. The standard InChI is InChI=1S/C16H19N3OS/c1-13-11-15(17-21-13)16(20)19-9-7-18(8-10-19)12-14-5-3-2-4-6-14/h2-6,11H,7-10,12H2,1H3. The van der Waals surface area contributed by atoms with Crippen molar-refractivity contribution in [2.45, 2.75) is 13.5 Å². The summed E-state index contributed by atoms with van der Waals surface area (Å²) >= 11 is 1.39. The minimum atomic E-state index is 0.0683. The lowest BCUT2D eigenvalue weighted by atomic mass is 10.2. The van der Waals surface area contributed by atoms with Crippen molar-refractivity contribution in [1.29, 1.82) is 0 Å². The molecule has 0 N–H and O–H groups in total. The van der Waals surface area contributed by atoms with Crippen LogP contribution in [-0.4, -0.2) is 46.3 Å². The quantitative estimate of drug-likeness (QED) is 0.873. The van der Waals surface area contributed by atoms with Gasteiger partial charge in [0.2, 0.25) is 0 Å². The number of nitrogens with zero attached hydrogens (tertiary/aromatic N) is 3. The van der Waals surface area contributed by atoms with Crippen LogP contribution in [0.15, 0.2) is 36.4 Å². The fourth-order valence-corrected chi connectivity index (χ4v) is 3.12. The zero-order valence-corrected chi connectivity index (χ0v) is 13.0. The first-order valence-corrected chi connectivity index (χ1v) is 7.98. The summed E-state index contributed by atoms with van der Waals surface area (Å²) in [7, 11) is 0. The molecule has 1 saturated heterocycles. The molecule has 1 fully saturated rings. The number of aryl methyl sites for hydroxylation is 1. The van der Waals surface area contributed by atoms with Crippen molar-refractivity contribution in [1.82, 2.24) is 14.2 Å². The van der Waals surface area contributed by atoms with Crippen LogP contribution in [0.4, 0.5) is 0 Å². The Morgan fingerprint density at radius 2 is 1.90 bits per heavy atom. The maximum absolute atomic E-state index is 12.3. The first kappa shape index (κ1) is 14.2. The van der Waals surface area contributed by atoms with Gasteiger partial charge in [-0.05, 0) is 30.1 Å². The fourth-order valence-electron chi connectivity index (χ4n) is 2.58. The van der Waals surface area contributed by atoms with E-state index in [2.05, 4.69) is 33.5 Å². The van der Waals surface area contributed by atoms with Crippen molar-refractivity contribution >= 4 is 17.4 Å². The molecule has 110 valence electrons. The van der Waals surface area contributed by atoms with Gasteiger partial charge in [-0.3, -0.25) is 9.69 Å². The van der Waals surface area contributed by atoms with Crippen LogP contribution in [0.2, 0.25) is 0 Å². The SMILES string of the molecule is Cc1cc(C(=O)N2CCN(Cc3ccccc3)CC2)ns1. The second-order valence-corrected chi connectivity index (χ2v) is 6.39. The maximum atomic E-state index is 12.3. The van der Waals surface area contributed by atoms with Gasteiger partial charge in [-0.15, -0.1) is 0 Å². The molecular formula is C16H19N3OS. The third kappa shape index (κ3) is 3.49. The van der Waals surface area contributed by atoms with Crippen molar-refractivity contribution in [3.8, 4) is 0 Å². The normalized spacial score (nSPS) is 16.1. The van der Waals surface area contributed by atoms with Crippen molar-refractivity contribution in [3.63, 3.8) is 0 Å². The molecule has 2 heterocycles. The van der Waals surface area contributed by atoms with E-state index in [0.717, 1.165) is 37.6 Å². The molecule has 1 aromatic carbocycles. The molecule has 5 heteroatoms. The molecule has 0 spiro atoms. The van der Waals surface area contributed by atoms with Crippen molar-refractivity contribution in [2.24, 2.45) is 0 Å². The molecule has 1 aliphatic heterocycles. The highest BCUT2D eigenvalue weighted by Crippen LogP contribution is 2.13. The zero-order valence-electron chi connectivity index (χ0n) is 12.2. The minimum Gasteiger partial charge on any atom is -0.335 e. The zero-order chi connectivity index (χ0) is 14.7. The van der Waals surface area contributed by atoms with E-state index in [4.69, 9.17) is 0 Å². The minimum absolute atomic E-state index is 0.0683. The van der Waals surface area contributed by atoms with Crippen LogP contribution in [0.1, 0.15) is 20.9 Å². The molecule has 0 radical (unpaired) electrons. The predicted octanol–water partition coefficient (Wildman–Crippen LogP) is 2.41. The van der Waals surface area contributed by atoms with Crippen LogP contribution in [0, 0.1) is 6.92 Å². The molecule has 1 amide bonds. The second kappa shape index (κ2) is 6.37. The van der Waals surface area contributed by atoms with Crippen molar-refractivity contribution in [3.05, 3.63) is 52.5 Å². The lowest BCUT2D eigenvalue weighted by molar-refractivity contribution is 0.0624. The van der Waals surface area contributed by atoms with Gasteiger partial charge in [0.05, 0.1) is 0 Å². The summed E-state index contributed by atoms with van der Waals surface area (Å²) in [6.07, 6.45) is 0. The van der Waals surface area contributed by atoms with E-state index in [1.165, 1.54) is 17.1 Å². The van der Waals surface area contributed by atoms with E-state index >= 15 is 0 Å². The highest BCUT2D eigenvalue weighted by Gasteiger charge is 2.23. The number of aromatic nitrogens is 1. The second-order valence-electron chi connectivity index (χ2n) is 5.38. The Morgan fingerprint density at radius 3 is 2.52 bits per heavy atom. The maximum Gasteiger partial charge on any atom is 0.273 e. The first-order chi connectivity index (χ1) is 10.2. The Balaban J connectivity index is 1.54. The molecule has 1 aromatic heterocycles. The monoisotopic (exact) mass is 301 g/mol. The molecule has 4 nitrogen and oxygen atoms in total. The summed E-state index contributed by atoms with van der Waals surface area (Å²) < 4.78 is 4.21. The van der Waals surface area contributed by atoms with Crippen LogP contribution < -0.4 is 0 Å². The molecule has 0 aliphatic carbocycles. The van der Waals surface area contributed by atoms with E-state index < -0.39 is 0 Å². The smallest absolute Gasteiger partial charge is 0.273 e. The van der Waals surface area contributed by atoms with Crippen LogP contribution in [0.5, 0.6) is 0 Å². The number of carbonyl (C=O) groups is 1. The molecule has 0 saturated carbocycles. The van der Waals surface area contributed by atoms with Gasteiger partial charge >= 0.3 is 0 Å². The van der Waals surface area contributed by atoms with E-state index in [1.807, 2.05) is 24.0 Å². The van der Waals surface area contributed by atoms with E-state index in [9.17, 15) is 4.79 Å². The van der Waals surface area contributed by atoms with Crippen LogP contribution >= 0.6 is 11.5 Å². The molecule has 0 unspecified atom stereocenters. The molecule has 1 aliphatic rings. The van der Waals surface area contributed by atoms with Gasteiger partial charge in [-0.1, -0.05) is 30.3 Å². The number of amides is 1. The Labute approximate surface area is 129 Å². The lowest BCUT2D eigenvalue weighted by Crippen LogP contribution is -2.48. The average Bonchev–Trinajstić information content (AvgIpc) is 2.95. The van der Waals surface area contributed by atoms with Crippen LogP contribution in [0.25, 0.3) is 0 Å². The predicted molar refractivity (Wildman–Crippen MR) is 84.5 cm³/mol. The molecule has 2 aromatic rings. The molecule has 0 atom stereocenters. The third-order valence-corrected chi connectivity index (χ3v) is 4.45. The van der Waals surface area contributed by atoms with Gasteiger partial charge in [-0.25, -0.2) is 0 Å². The number of hydrogen-bond acceptors (Lipinski definition) is 4. The third-order valence-electron chi connectivity index (χ3n) is 3.76. The molecule has 0 bridgehead atoms. The number of benzene rings is 1. The van der Waals surface area contributed by atoms with Gasteiger partial charge < -0.3 is 4.90 Å². The van der Waals surface area contributed by atoms with Crippen molar-refractivity contribution in [2.75, 3.05) is 26.2 Å². The van der Waals surface area contributed by atoms with E-state index in [1.54, 1.807) is 0 Å². The number of rotatable bonds is 3.